The van der Waals surface area contributed by atoms with Gasteiger partial charge >= 0.3 is 0 Å². The van der Waals surface area contributed by atoms with Crippen LogP contribution in [-0.4, -0.2) is 10.2 Å². The number of halogens is 1. The maximum Gasteiger partial charge on any atom is 0.0626 e. The summed E-state index contributed by atoms with van der Waals surface area (Å²) in [4.78, 5) is 4.33. The predicted octanol–water partition coefficient (Wildman–Crippen LogP) is 5.27. The summed E-state index contributed by atoms with van der Waals surface area (Å²) in [5.74, 6) is 0.413. The summed E-state index contributed by atoms with van der Waals surface area (Å²) in [6, 6.07) is 14.4. The Morgan fingerprint density at radius 3 is 2.75 bits per heavy atom. The van der Waals surface area contributed by atoms with Crippen LogP contribution in [0.1, 0.15) is 17.2 Å². The van der Waals surface area contributed by atoms with Crippen molar-refractivity contribution < 1.29 is 0 Å². The number of rotatable bonds is 3. The molecule has 1 aromatic carbocycles. The molecule has 2 aromatic rings. The summed E-state index contributed by atoms with van der Waals surface area (Å²) in [5, 5.41) is 2.62. The molecule has 100 valence electrons. The molecule has 1 aromatic heterocycles. The summed E-state index contributed by atoms with van der Waals surface area (Å²) in [5.41, 5.74) is 2.34. The number of hydrogen-bond donors (Lipinski definition) is 0. The van der Waals surface area contributed by atoms with Crippen molar-refractivity contribution in [1.29, 1.82) is 0 Å². The number of nitrogens with zero attached hydrogens (tertiary/aromatic N) is 1. The quantitative estimate of drug-likeness (QED) is 0.752. The Morgan fingerprint density at radius 2 is 1.95 bits per heavy atom. The van der Waals surface area contributed by atoms with Gasteiger partial charge in [0.05, 0.1) is 5.69 Å². The minimum Gasteiger partial charge on any atom is -0.257 e. The summed E-state index contributed by atoms with van der Waals surface area (Å²) in [7, 11) is 0. The van der Waals surface area contributed by atoms with Gasteiger partial charge in [0, 0.05) is 21.8 Å². The van der Waals surface area contributed by atoms with Gasteiger partial charge in [0.1, 0.15) is 0 Å². The number of hydrogen-bond acceptors (Lipinski definition) is 2. The SMILES string of the molecule is Brc1ccccc1C1C=CSC1C=Cc1ccccn1. The van der Waals surface area contributed by atoms with Crippen molar-refractivity contribution in [2.75, 3.05) is 0 Å². The molecule has 3 heteroatoms. The highest BCUT2D eigenvalue weighted by Gasteiger charge is 2.24. The van der Waals surface area contributed by atoms with Crippen LogP contribution in [0.5, 0.6) is 0 Å². The molecule has 0 bridgehead atoms. The third-order valence-electron chi connectivity index (χ3n) is 3.28. The number of pyridine rings is 1. The third kappa shape index (κ3) is 3.05. The lowest BCUT2D eigenvalue weighted by Crippen LogP contribution is -2.07. The summed E-state index contributed by atoms with van der Waals surface area (Å²) >= 11 is 5.51. The summed E-state index contributed by atoms with van der Waals surface area (Å²) < 4.78 is 1.17. The molecule has 0 radical (unpaired) electrons. The molecule has 0 amide bonds. The van der Waals surface area contributed by atoms with E-state index < -0.39 is 0 Å². The standard InChI is InChI=1S/C17H14BrNS/c18-16-7-2-1-6-14(16)15-10-12-20-17(15)9-8-13-5-3-4-11-19-13/h1-12,15,17H. The van der Waals surface area contributed by atoms with E-state index in [0.29, 0.717) is 11.2 Å². The molecule has 1 aliphatic heterocycles. The zero-order valence-corrected chi connectivity index (χ0v) is 13.2. The summed E-state index contributed by atoms with van der Waals surface area (Å²) in [6.07, 6.45) is 8.45. The van der Waals surface area contributed by atoms with Crippen molar-refractivity contribution in [3.63, 3.8) is 0 Å². The second kappa shape index (κ2) is 6.42. The van der Waals surface area contributed by atoms with Crippen LogP contribution < -0.4 is 0 Å². The topological polar surface area (TPSA) is 12.9 Å². The van der Waals surface area contributed by atoms with Gasteiger partial charge in [-0.3, -0.25) is 4.98 Å². The first-order valence-corrected chi connectivity index (χ1v) is 8.24. The van der Waals surface area contributed by atoms with Gasteiger partial charge < -0.3 is 0 Å². The molecule has 0 saturated carbocycles. The fraction of sp³-hybridized carbons (Fsp3) is 0.118. The molecule has 2 unspecified atom stereocenters. The smallest absolute Gasteiger partial charge is 0.0626 e. The second-order valence-corrected chi connectivity index (χ2v) is 6.53. The van der Waals surface area contributed by atoms with E-state index >= 15 is 0 Å². The van der Waals surface area contributed by atoms with Crippen molar-refractivity contribution in [3.8, 4) is 0 Å². The monoisotopic (exact) mass is 343 g/mol. The maximum atomic E-state index is 4.33. The van der Waals surface area contributed by atoms with E-state index in [0.717, 1.165) is 5.69 Å². The minimum absolute atomic E-state index is 0.413. The Kier molecular flexibility index (Phi) is 4.38. The van der Waals surface area contributed by atoms with E-state index in [2.05, 4.69) is 68.8 Å². The highest BCUT2D eigenvalue weighted by atomic mass is 79.9. The molecular weight excluding hydrogens is 330 g/mol. The average molecular weight is 344 g/mol. The van der Waals surface area contributed by atoms with Gasteiger partial charge in [0.15, 0.2) is 0 Å². The van der Waals surface area contributed by atoms with E-state index in [1.165, 1.54) is 10.0 Å². The van der Waals surface area contributed by atoms with Crippen LogP contribution in [0.25, 0.3) is 6.08 Å². The van der Waals surface area contributed by atoms with Crippen molar-refractivity contribution in [1.82, 2.24) is 4.98 Å². The highest BCUT2D eigenvalue weighted by Crippen LogP contribution is 2.40. The van der Waals surface area contributed by atoms with Gasteiger partial charge in [-0.15, -0.1) is 11.8 Å². The van der Waals surface area contributed by atoms with Crippen molar-refractivity contribution in [2.45, 2.75) is 11.2 Å². The van der Waals surface area contributed by atoms with Gasteiger partial charge in [-0.25, -0.2) is 0 Å². The number of thioether (sulfide) groups is 1. The highest BCUT2D eigenvalue weighted by molar-refractivity contribution is 9.10. The molecule has 3 rings (SSSR count). The van der Waals surface area contributed by atoms with E-state index in [1.807, 2.05) is 36.2 Å². The average Bonchev–Trinajstić information content (AvgIpc) is 2.95. The van der Waals surface area contributed by atoms with Gasteiger partial charge in [0.2, 0.25) is 0 Å². The summed E-state index contributed by atoms with van der Waals surface area (Å²) in [6.45, 7) is 0. The third-order valence-corrected chi connectivity index (χ3v) is 5.09. The van der Waals surface area contributed by atoms with Crippen LogP contribution >= 0.6 is 27.7 Å². The largest absolute Gasteiger partial charge is 0.257 e. The Bertz CT molecular complexity index is 636. The molecule has 0 aliphatic carbocycles. The molecule has 0 spiro atoms. The fourth-order valence-corrected chi connectivity index (χ4v) is 3.84. The van der Waals surface area contributed by atoms with Crippen LogP contribution in [0, 0.1) is 0 Å². The van der Waals surface area contributed by atoms with Crippen LogP contribution in [0.2, 0.25) is 0 Å². The van der Waals surface area contributed by atoms with E-state index in [4.69, 9.17) is 0 Å². The minimum atomic E-state index is 0.413. The van der Waals surface area contributed by atoms with Crippen molar-refractivity contribution >= 4 is 33.8 Å². The Hall–Kier alpha value is -1.32. The van der Waals surface area contributed by atoms with Gasteiger partial charge in [-0.1, -0.05) is 52.3 Å². The molecule has 1 aliphatic rings. The second-order valence-electron chi connectivity index (χ2n) is 4.59. The zero-order valence-electron chi connectivity index (χ0n) is 10.8. The molecule has 20 heavy (non-hydrogen) atoms. The Morgan fingerprint density at radius 1 is 1.10 bits per heavy atom. The lowest BCUT2D eigenvalue weighted by atomic mass is 9.95. The van der Waals surface area contributed by atoms with Gasteiger partial charge in [-0.05, 0) is 35.2 Å². The lowest BCUT2D eigenvalue weighted by molar-refractivity contribution is 0.893. The lowest BCUT2D eigenvalue weighted by Gasteiger charge is -2.17. The molecule has 0 fully saturated rings. The molecular formula is C17H14BrNS. The number of aromatic nitrogens is 1. The number of benzene rings is 1. The van der Waals surface area contributed by atoms with Crippen molar-refractivity contribution in [2.24, 2.45) is 0 Å². The van der Waals surface area contributed by atoms with Crippen LogP contribution in [-0.2, 0) is 0 Å². The first kappa shape index (κ1) is 13.7. The Labute approximate surface area is 132 Å². The Balaban J connectivity index is 1.81. The normalized spacial score (nSPS) is 21.6. The number of allylic oxidation sites excluding steroid dienone is 1. The zero-order chi connectivity index (χ0) is 13.8. The predicted molar refractivity (Wildman–Crippen MR) is 90.7 cm³/mol. The first-order valence-electron chi connectivity index (χ1n) is 6.50. The fourth-order valence-electron chi connectivity index (χ4n) is 2.27. The van der Waals surface area contributed by atoms with E-state index in [1.54, 1.807) is 0 Å². The van der Waals surface area contributed by atoms with Crippen molar-refractivity contribution in [3.05, 3.63) is 82.0 Å². The van der Waals surface area contributed by atoms with E-state index in [9.17, 15) is 0 Å². The molecule has 0 N–H and O–H groups in total. The van der Waals surface area contributed by atoms with Gasteiger partial charge in [0.25, 0.3) is 0 Å². The van der Waals surface area contributed by atoms with Crippen LogP contribution in [0.3, 0.4) is 0 Å². The first-order chi connectivity index (χ1) is 9.84. The maximum absolute atomic E-state index is 4.33. The molecule has 2 heterocycles. The van der Waals surface area contributed by atoms with Crippen LogP contribution in [0.4, 0.5) is 0 Å². The van der Waals surface area contributed by atoms with Crippen LogP contribution in [0.15, 0.2) is 70.7 Å². The molecule has 0 saturated heterocycles. The van der Waals surface area contributed by atoms with E-state index in [-0.39, 0.29) is 0 Å². The van der Waals surface area contributed by atoms with Gasteiger partial charge in [-0.2, -0.15) is 0 Å². The molecule has 2 atom stereocenters. The molecule has 1 nitrogen and oxygen atoms in total.